The van der Waals surface area contributed by atoms with Gasteiger partial charge in [-0.25, -0.2) is 4.98 Å². The van der Waals surface area contributed by atoms with Crippen LogP contribution >= 0.6 is 11.6 Å². The summed E-state index contributed by atoms with van der Waals surface area (Å²) in [6.07, 6.45) is -4.47. The number of carbonyl (C=O) groups is 1. The summed E-state index contributed by atoms with van der Waals surface area (Å²) in [5.41, 5.74) is -2.15. The van der Waals surface area contributed by atoms with Crippen LogP contribution in [0, 0.1) is 17.0 Å². The van der Waals surface area contributed by atoms with Gasteiger partial charge in [-0.2, -0.15) is 0 Å². The number of hydrogen-bond acceptors (Lipinski definition) is 5. The SMILES string of the molecule is Cc1c(OC(F)(F)F)cnc(C(=O)Cl)c1[N+](=O)[O-]. The molecule has 0 aliphatic heterocycles. The number of rotatable bonds is 3. The number of alkyl halides is 3. The third kappa shape index (κ3) is 3.06. The molecule has 10 heteroatoms. The maximum absolute atomic E-state index is 12.0. The summed E-state index contributed by atoms with van der Waals surface area (Å²) < 4.78 is 39.5. The second-order valence-electron chi connectivity index (χ2n) is 3.02. The normalized spacial score (nSPS) is 11.2. The number of nitrogens with zero attached hydrogens (tertiary/aromatic N) is 2. The van der Waals surface area contributed by atoms with Gasteiger partial charge in [-0.1, -0.05) is 0 Å². The topological polar surface area (TPSA) is 82.3 Å². The lowest BCUT2D eigenvalue weighted by Gasteiger charge is -2.11. The first kappa shape index (κ1) is 14.2. The molecule has 0 aromatic carbocycles. The van der Waals surface area contributed by atoms with Crippen molar-refractivity contribution in [2.75, 3.05) is 0 Å². The zero-order chi connectivity index (χ0) is 14.1. The van der Waals surface area contributed by atoms with Gasteiger partial charge in [0.05, 0.1) is 16.7 Å². The summed E-state index contributed by atoms with van der Waals surface area (Å²) >= 11 is 5.04. The van der Waals surface area contributed by atoms with E-state index in [1.54, 1.807) is 0 Å². The van der Waals surface area contributed by atoms with E-state index in [-0.39, 0.29) is 0 Å². The second kappa shape index (κ2) is 4.77. The summed E-state index contributed by atoms with van der Waals surface area (Å²) in [7, 11) is 0. The van der Waals surface area contributed by atoms with Crippen LogP contribution in [-0.2, 0) is 0 Å². The van der Waals surface area contributed by atoms with Gasteiger partial charge in [0, 0.05) is 0 Å². The average molecular weight is 285 g/mol. The number of halogens is 4. The van der Waals surface area contributed by atoms with Gasteiger partial charge in [-0.05, 0) is 18.5 Å². The zero-order valence-corrected chi connectivity index (χ0v) is 9.37. The highest BCUT2D eigenvalue weighted by Gasteiger charge is 2.35. The quantitative estimate of drug-likeness (QED) is 0.484. The van der Waals surface area contributed by atoms with Crippen molar-refractivity contribution in [3.63, 3.8) is 0 Å². The summed E-state index contributed by atoms with van der Waals surface area (Å²) in [6, 6.07) is 0. The Hall–Kier alpha value is -1.90. The third-order valence-corrected chi connectivity index (χ3v) is 2.03. The van der Waals surface area contributed by atoms with Crippen molar-refractivity contribution in [2.45, 2.75) is 13.3 Å². The average Bonchev–Trinajstić information content (AvgIpc) is 2.17. The maximum atomic E-state index is 12.0. The second-order valence-corrected chi connectivity index (χ2v) is 3.37. The van der Waals surface area contributed by atoms with Crippen LogP contribution in [0.15, 0.2) is 6.20 Å². The Morgan fingerprint density at radius 3 is 2.50 bits per heavy atom. The number of ether oxygens (including phenoxy) is 1. The molecule has 0 unspecified atom stereocenters. The van der Waals surface area contributed by atoms with Crippen LogP contribution in [0.1, 0.15) is 16.1 Å². The monoisotopic (exact) mass is 284 g/mol. The summed E-state index contributed by atoms with van der Waals surface area (Å²) in [5.74, 6) is -0.865. The Bertz CT molecular complexity index is 518. The van der Waals surface area contributed by atoms with Gasteiger partial charge in [0.2, 0.25) is 5.69 Å². The highest BCUT2D eigenvalue weighted by atomic mass is 35.5. The van der Waals surface area contributed by atoms with E-state index in [1.807, 2.05) is 0 Å². The lowest BCUT2D eigenvalue weighted by atomic mass is 10.2. The molecule has 1 aromatic rings. The fourth-order valence-electron chi connectivity index (χ4n) is 1.17. The van der Waals surface area contributed by atoms with Crippen LogP contribution in [0.3, 0.4) is 0 Å². The summed E-state index contributed by atoms with van der Waals surface area (Å²) in [6.45, 7) is 0.990. The van der Waals surface area contributed by atoms with E-state index < -0.39 is 39.2 Å². The Kier molecular flexibility index (Phi) is 3.75. The minimum absolute atomic E-state index is 0.490. The number of hydrogen-bond donors (Lipinski definition) is 0. The smallest absolute Gasteiger partial charge is 0.404 e. The van der Waals surface area contributed by atoms with E-state index in [4.69, 9.17) is 11.6 Å². The van der Waals surface area contributed by atoms with Crippen molar-refractivity contribution < 1.29 is 27.6 Å². The predicted molar refractivity (Wildman–Crippen MR) is 52.5 cm³/mol. The molecule has 0 saturated heterocycles. The van der Waals surface area contributed by atoms with Gasteiger partial charge in [-0.3, -0.25) is 14.9 Å². The first-order valence-corrected chi connectivity index (χ1v) is 4.61. The van der Waals surface area contributed by atoms with Crippen molar-refractivity contribution in [3.05, 3.63) is 27.6 Å². The first-order valence-electron chi connectivity index (χ1n) is 4.23. The fourth-order valence-corrected chi connectivity index (χ4v) is 1.31. The van der Waals surface area contributed by atoms with E-state index in [1.165, 1.54) is 0 Å². The van der Waals surface area contributed by atoms with Crippen LogP contribution in [0.4, 0.5) is 18.9 Å². The molecule has 1 aromatic heterocycles. The molecule has 0 spiro atoms. The largest absolute Gasteiger partial charge is 0.573 e. The van der Waals surface area contributed by atoms with Gasteiger partial charge in [0.25, 0.3) is 5.24 Å². The highest BCUT2D eigenvalue weighted by Crippen LogP contribution is 2.33. The molecular formula is C8H4ClF3N2O4. The molecule has 0 amide bonds. The maximum Gasteiger partial charge on any atom is 0.573 e. The molecule has 0 aliphatic carbocycles. The lowest BCUT2D eigenvalue weighted by molar-refractivity contribution is -0.386. The Morgan fingerprint density at radius 1 is 1.56 bits per heavy atom. The van der Waals surface area contributed by atoms with Gasteiger partial charge >= 0.3 is 12.0 Å². The number of pyridine rings is 1. The Morgan fingerprint density at radius 2 is 2.11 bits per heavy atom. The minimum Gasteiger partial charge on any atom is -0.404 e. The van der Waals surface area contributed by atoms with Gasteiger partial charge in [-0.15, -0.1) is 13.2 Å². The van der Waals surface area contributed by atoms with Crippen molar-refractivity contribution in [3.8, 4) is 5.75 Å². The molecule has 1 heterocycles. The van der Waals surface area contributed by atoms with Crippen molar-refractivity contribution in [1.29, 1.82) is 0 Å². The zero-order valence-electron chi connectivity index (χ0n) is 8.62. The number of carbonyl (C=O) groups excluding carboxylic acids is 1. The standard InChI is InChI=1S/C8H4ClF3N2O4/c1-3-4(18-8(10,11)12)2-13-5(7(9)15)6(3)14(16)17/h2H,1H3. The Labute approximate surface area is 102 Å². The van der Waals surface area contributed by atoms with E-state index in [9.17, 15) is 28.1 Å². The van der Waals surface area contributed by atoms with Gasteiger partial charge in [0.1, 0.15) is 0 Å². The molecule has 0 bridgehead atoms. The molecule has 18 heavy (non-hydrogen) atoms. The van der Waals surface area contributed by atoms with Crippen LogP contribution in [0.25, 0.3) is 0 Å². The summed E-state index contributed by atoms with van der Waals surface area (Å²) in [5, 5.41) is 9.44. The molecule has 98 valence electrons. The van der Waals surface area contributed by atoms with E-state index >= 15 is 0 Å². The Balaban J connectivity index is 3.40. The fraction of sp³-hybridized carbons (Fsp3) is 0.250. The van der Waals surface area contributed by atoms with Crippen LogP contribution in [0.2, 0.25) is 0 Å². The van der Waals surface area contributed by atoms with Crippen molar-refractivity contribution in [2.24, 2.45) is 0 Å². The van der Waals surface area contributed by atoms with Crippen molar-refractivity contribution >= 4 is 22.5 Å². The molecule has 0 radical (unpaired) electrons. The molecule has 6 nitrogen and oxygen atoms in total. The predicted octanol–water partition coefficient (Wildman–Crippen LogP) is 2.58. The van der Waals surface area contributed by atoms with Crippen LogP contribution in [0.5, 0.6) is 5.75 Å². The molecule has 1 rings (SSSR count). The van der Waals surface area contributed by atoms with Crippen LogP contribution < -0.4 is 4.74 Å². The lowest BCUT2D eigenvalue weighted by Crippen LogP contribution is -2.18. The van der Waals surface area contributed by atoms with Gasteiger partial charge < -0.3 is 4.74 Å². The van der Waals surface area contributed by atoms with E-state index in [0.717, 1.165) is 6.92 Å². The molecular weight excluding hydrogens is 281 g/mol. The molecule has 0 saturated carbocycles. The third-order valence-electron chi connectivity index (χ3n) is 1.85. The summed E-state index contributed by atoms with van der Waals surface area (Å²) in [4.78, 5) is 23.7. The molecule has 0 atom stereocenters. The first-order chi connectivity index (χ1) is 8.13. The minimum atomic E-state index is -5.02. The molecule has 0 N–H and O–H groups in total. The molecule has 0 fully saturated rings. The number of aromatic nitrogens is 1. The highest BCUT2D eigenvalue weighted by molar-refractivity contribution is 6.67. The van der Waals surface area contributed by atoms with Crippen molar-refractivity contribution in [1.82, 2.24) is 4.98 Å². The van der Waals surface area contributed by atoms with Crippen LogP contribution in [-0.4, -0.2) is 21.5 Å². The molecule has 0 aliphatic rings. The number of nitro groups is 1. The van der Waals surface area contributed by atoms with E-state index in [2.05, 4.69) is 9.72 Å². The van der Waals surface area contributed by atoms with Gasteiger partial charge in [0.15, 0.2) is 5.75 Å². The van der Waals surface area contributed by atoms with E-state index in [0.29, 0.717) is 6.20 Å².